The number of nitrogens with zero attached hydrogens (tertiary/aromatic N) is 4. The van der Waals surface area contributed by atoms with Crippen molar-refractivity contribution in [3.63, 3.8) is 0 Å². The molecule has 28 heavy (non-hydrogen) atoms. The summed E-state index contributed by atoms with van der Waals surface area (Å²) in [5, 5.41) is 16.7. The zero-order valence-electron chi connectivity index (χ0n) is 16.5. The van der Waals surface area contributed by atoms with Gasteiger partial charge in [0.1, 0.15) is 17.7 Å². The second kappa shape index (κ2) is 7.52. The lowest BCUT2D eigenvalue weighted by Crippen LogP contribution is -2.48. The van der Waals surface area contributed by atoms with Crippen LogP contribution >= 0.6 is 0 Å². The number of aliphatic hydroxyl groups excluding tert-OH is 1. The Hall–Kier alpha value is -2.45. The first kappa shape index (κ1) is 18.9. The molecule has 1 unspecified atom stereocenters. The Labute approximate surface area is 164 Å². The minimum atomic E-state index is -0.645. The monoisotopic (exact) mass is 386 g/mol. The third-order valence-corrected chi connectivity index (χ3v) is 5.69. The number of hydrogen-bond acceptors (Lipinski definition) is 7. The van der Waals surface area contributed by atoms with Crippen LogP contribution in [0.1, 0.15) is 24.6 Å². The Kier molecular flexibility index (Phi) is 5.07. The molecule has 2 aliphatic rings. The van der Waals surface area contributed by atoms with Gasteiger partial charge in [-0.1, -0.05) is 12.1 Å². The number of halogens is 1. The molecule has 1 aromatic carbocycles. The van der Waals surface area contributed by atoms with Crippen LogP contribution in [-0.2, 0) is 6.54 Å². The van der Waals surface area contributed by atoms with Gasteiger partial charge in [-0.15, -0.1) is 0 Å². The van der Waals surface area contributed by atoms with Crippen molar-refractivity contribution in [2.24, 2.45) is 0 Å². The molecule has 3 heterocycles. The molecule has 0 aliphatic carbocycles. The van der Waals surface area contributed by atoms with E-state index < -0.39 is 6.23 Å². The summed E-state index contributed by atoms with van der Waals surface area (Å²) in [4.78, 5) is 13.6. The number of likely N-dealkylation sites (N-methyl/N-ethyl adjacent to an activating group) is 1. The fourth-order valence-electron chi connectivity index (χ4n) is 3.84. The molecule has 0 saturated carbocycles. The molecule has 4 rings (SSSR count). The van der Waals surface area contributed by atoms with E-state index >= 15 is 0 Å². The molecule has 0 radical (unpaired) electrons. The summed E-state index contributed by atoms with van der Waals surface area (Å²) in [7, 11) is 1.93. The molecule has 0 bridgehead atoms. The molecule has 8 heteroatoms. The van der Waals surface area contributed by atoms with Gasteiger partial charge in [0, 0.05) is 32.7 Å². The third kappa shape index (κ3) is 3.74. The molecule has 1 fully saturated rings. The number of hydrogen-bond donors (Lipinski definition) is 3. The van der Waals surface area contributed by atoms with E-state index in [-0.39, 0.29) is 17.9 Å². The van der Waals surface area contributed by atoms with E-state index in [4.69, 9.17) is 4.98 Å². The van der Waals surface area contributed by atoms with Crippen molar-refractivity contribution < 1.29 is 9.50 Å². The SMILES string of the molecule is Cc1nc(N[C@H]2CCN(Cc3ccc(F)cc3)C2)nc2c1NC(O)[C@H](C)N2C. The summed E-state index contributed by atoms with van der Waals surface area (Å²) in [5.41, 5.74) is 2.71. The molecule has 0 amide bonds. The van der Waals surface area contributed by atoms with Crippen LogP contribution in [0.15, 0.2) is 24.3 Å². The predicted molar refractivity (Wildman–Crippen MR) is 108 cm³/mol. The van der Waals surface area contributed by atoms with Crippen LogP contribution < -0.4 is 15.5 Å². The first-order valence-electron chi connectivity index (χ1n) is 9.70. The van der Waals surface area contributed by atoms with E-state index in [0.717, 1.165) is 48.8 Å². The zero-order chi connectivity index (χ0) is 19.8. The Balaban J connectivity index is 1.42. The molecule has 1 saturated heterocycles. The number of aromatic nitrogens is 2. The van der Waals surface area contributed by atoms with Crippen molar-refractivity contribution in [3.05, 3.63) is 41.3 Å². The largest absolute Gasteiger partial charge is 0.372 e. The topological polar surface area (TPSA) is 76.5 Å². The second-order valence-electron chi connectivity index (χ2n) is 7.76. The summed E-state index contributed by atoms with van der Waals surface area (Å²) in [6.07, 6.45) is 0.359. The van der Waals surface area contributed by atoms with Gasteiger partial charge in [-0.3, -0.25) is 4.90 Å². The normalized spacial score (nSPS) is 24.8. The van der Waals surface area contributed by atoms with Gasteiger partial charge in [-0.25, -0.2) is 9.37 Å². The second-order valence-corrected chi connectivity index (χ2v) is 7.76. The molecule has 150 valence electrons. The lowest BCUT2D eigenvalue weighted by molar-refractivity contribution is 0.172. The number of rotatable bonds is 4. The molecular weight excluding hydrogens is 359 g/mol. The highest BCUT2D eigenvalue weighted by atomic mass is 19.1. The Morgan fingerprint density at radius 2 is 2.04 bits per heavy atom. The number of aryl methyl sites for hydroxylation is 1. The van der Waals surface area contributed by atoms with Crippen molar-refractivity contribution in [1.82, 2.24) is 14.9 Å². The van der Waals surface area contributed by atoms with Crippen LogP contribution in [0.4, 0.5) is 21.8 Å². The van der Waals surface area contributed by atoms with Gasteiger partial charge in [0.05, 0.1) is 11.7 Å². The van der Waals surface area contributed by atoms with Gasteiger partial charge in [0.15, 0.2) is 5.82 Å². The molecule has 0 spiro atoms. The van der Waals surface area contributed by atoms with Crippen LogP contribution in [0.25, 0.3) is 0 Å². The van der Waals surface area contributed by atoms with Crippen molar-refractivity contribution >= 4 is 17.5 Å². The van der Waals surface area contributed by atoms with E-state index in [1.807, 2.05) is 37.9 Å². The van der Waals surface area contributed by atoms with Crippen molar-refractivity contribution in [3.8, 4) is 0 Å². The van der Waals surface area contributed by atoms with Gasteiger partial charge in [0.25, 0.3) is 0 Å². The lowest BCUT2D eigenvalue weighted by atomic mass is 10.1. The summed E-state index contributed by atoms with van der Waals surface area (Å²) < 4.78 is 13.1. The lowest BCUT2D eigenvalue weighted by Gasteiger charge is -2.37. The fraction of sp³-hybridized carbons (Fsp3) is 0.500. The molecule has 2 aliphatic heterocycles. The van der Waals surface area contributed by atoms with Gasteiger partial charge in [0.2, 0.25) is 5.95 Å². The summed E-state index contributed by atoms with van der Waals surface area (Å²) in [6.45, 7) is 6.55. The Morgan fingerprint density at radius 3 is 2.79 bits per heavy atom. The summed E-state index contributed by atoms with van der Waals surface area (Å²) >= 11 is 0. The van der Waals surface area contributed by atoms with Gasteiger partial charge >= 0.3 is 0 Å². The number of aliphatic hydroxyl groups is 1. The summed E-state index contributed by atoms with van der Waals surface area (Å²) in [5.74, 6) is 1.21. The molecule has 3 N–H and O–H groups in total. The van der Waals surface area contributed by atoms with E-state index in [9.17, 15) is 9.50 Å². The van der Waals surface area contributed by atoms with Crippen molar-refractivity contribution in [1.29, 1.82) is 0 Å². The number of anilines is 3. The minimum absolute atomic E-state index is 0.0765. The maximum absolute atomic E-state index is 13.1. The van der Waals surface area contributed by atoms with Crippen LogP contribution in [-0.4, -0.2) is 58.4 Å². The van der Waals surface area contributed by atoms with E-state index in [1.165, 1.54) is 12.1 Å². The van der Waals surface area contributed by atoms with Gasteiger partial charge < -0.3 is 20.6 Å². The highest BCUT2D eigenvalue weighted by molar-refractivity contribution is 5.72. The van der Waals surface area contributed by atoms with E-state index in [2.05, 4.69) is 20.5 Å². The first-order chi connectivity index (χ1) is 13.4. The minimum Gasteiger partial charge on any atom is -0.372 e. The maximum atomic E-state index is 13.1. The quantitative estimate of drug-likeness (QED) is 0.743. The molecule has 2 aromatic rings. The molecule has 1 aromatic heterocycles. The number of likely N-dealkylation sites (tertiary alicyclic amines) is 1. The Morgan fingerprint density at radius 1 is 1.29 bits per heavy atom. The number of fused-ring (bicyclic) bond motifs is 1. The maximum Gasteiger partial charge on any atom is 0.225 e. The average Bonchev–Trinajstić information content (AvgIpc) is 3.10. The number of nitrogens with one attached hydrogen (secondary N) is 2. The highest BCUT2D eigenvalue weighted by Gasteiger charge is 2.31. The van der Waals surface area contributed by atoms with Crippen LogP contribution in [0.5, 0.6) is 0 Å². The highest BCUT2D eigenvalue weighted by Crippen LogP contribution is 2.33. The van der Waals surface area contributed by atoms with Crippen LogP contribution in [0.3, 0.4) is 0 Å². The molecular formula is C20H27FN6O. The smallest absolute Gasteiger partial charge is 0.225 e. The molecule has 3 atom stereocenters. The van der Waals surface area contributed by atoms with Crippen LogP contribution in [0.2, 0.25) is 0 Å². The van der Waals surface area contributed by atoms with Crippen molar-refractivity contribution in [2.45, 2.75) is 45.1 Å². The van der Waals surface area contributed by atoms with E-state index in [0.29, 0.717) is 5.95 Å². The third-order valence-electron chi connectivity index (χ3n) is 5.69. The van der Waals surface area contributed by atoms with Crippen LogP contribution in [0, 0.1) is 12.7 Å². The summed E-state index contributed by atoms with van der Waals surface area (Å²) in [6, 6.07) is 6.88. The van der Waals surface area contributed by atoms with E-state index in [1.54, 1.807) is 0 Å². The van der Waals surface area contributed by atoms with Gasteiger partial charge in [-0.2, -0.15) is 4.98 Å². The van der Waals surface area contributed by atoms with Crippen molar-refractivity contribution in [2.75, 3.05) is 35.7 Å². The first-order valence-corrected chi connectivity index (χ1v) is 9.70. The zero-order valence-corrected chi connectivity index (χ0v) is 16.5. The average molecular weight is 386 g/mol. The number of benzene rings is 1. The Bertz CT molecular complexity index is 845. The fourth-order valence-corrected chi connectivity index (χ4v) is 3.84. The standard InChI is InChI=1S/C20H27FN6O/c1-12-17-18(26(3)13(2)19(28)24-17)25-20(22-12)23-16-8-9-27(11-16)10-14-4-6-15(21)7-5-14/h4-7,13,16,19,24,28H,8-11H2,1-3H3,(H,22,23,25)/t13-,16-,19?/m0/s1. The van der Waals surface area contributed by atoms with Gasteiger partial charge in [-0.05, 0) is 38.0 Å². The molecule has 7 nitrogen and oxygen atoms in total. The predicted octanol–water partition coefficient (Wildman–Crippen LogP) is 2.18.